The second-order valence-corrected chi connectivity index (χ2v) is 5.24. The number of nitrogens with one attached hydrogen (secondary N) is 1. The second-order valence-electron chi connectivity index (χ2n) is 5.24. The van der Waals surface area contributed by atoms with Crippen LogP contribution in [0.4, 0.5) is 5.69 Å². The van der Waals surface area contributed by atoms with Gasteiger partial charge in [0.05, 0.1) is 5.56 Å². The van der Waals surface area contributed by atoms with Crippen molar-refractivity contribution >= 4 is 17.6 Å². The number of ether oxygens (including phenoxy) is 1. The van der Waals surface area contributed by atoms with Crippen LogP contribution in [0.15, 0.2) is 18.2 Å². The van der Waals surface area contributed by atoms with Crippen LogP contribution >= 0.6 is 0 Å². The Balaban J connectivity index is 2.41. The van der Waals surface area contributed by atoms with E-state index in [-0.39, 0.29) is 12.5 Å². The van der Waals surface area contributed by atoms with Gasteiger partial charge in [0, 0.05) is 12.2 Å². The number of anilines is 1. The number of benzene rings is 1. The average molecular weight is 278 g/mol. The molecule has 0 saturated carbocycles. The van der Waals surface area contributed by atoms with Crippen LogP contribution in [0.25, 0.3) is 0 Å². The molecule has 1 aromatic rings. The minimum atomic E-state index is -0.542. The second kappa shape index (κ2) is 7.53. The molecule has 0 radical (unpaired) electrons. The highest BCUT2D eigenvalue weighted by molar-refractivity contribution is 5.92. The smallest absolute Gasteiger partial charge is 0.338 e. The molecule has 1 rings (SSSR count). The first-order valence-corrected chi connectivity index (χ1v) is 6.69. The van der Waals surface area contributed by atoms with Gasteiger partial charge < -0.3 is 15.8 Å². The summed E-state index contributed by atoms with van der Waals surface area (Å²) in [6, 6.07) is 4.97. The molecule has 5 nitrogen and oxygen atoms in total. The van der Waals surface area contributed by atoms with Crippen molar-refractivity contribution in [2.24, 2.45) is 5.92 Å². The van der Waals surface area contributed by atoms with E-state index in [0.29, 0.717) is 23.7 Å². The van der Waals surface area contributed by atoms with E-state index in [1.165, 1.54) is 6.07 Å². The van der Waals surface area contributed by atoms with Crippen LogP contribution in [0.2, 0.25) is 0 Å². The highest BCUT2D eigenvalue weighted by Crippen LogP contribution is 2.12. The third-order valence-corrected chi connectivity index (χ3v) is 2.71. The van der Waals surface area contributed by atoms with Gasteiger partial charge in [-0.05, 0) is 43.0 Å². The Morgan fingerprint density at radius 3 is 2.60 bits per heavy atom. The third-order valence-electron chi connectivity index (χ3n) is 2.71. The molecule has 5 heteroatoms. The highest BCUT2D eigenvalue weighted by atomic mass is 16.5. The Labute approximate surface area is 119 Å². The van der Waals surface area contributed by atoms with Gasteiger partial charge in [0.2, 0.25) is 0 Å². The Kier molecular flexibility index (Phi) is 6.03. The SMILES string of the molecule is Cc1cc(N)cc(C(=O)OCC(=O)NCCC(C)C)c1. The van der Waals surface area contributed by atoms with E-state index in [9.17, 15) is 9.59 Å². The van der Waals surface area contributed by atoms with Crippen molar-refractivity contribution in [2.45, 2.75) is 27.2 Å². The van der Waals surface area contributed by atoms with Gasteiger partial charge in [-0.1, -0.05) is 13.8 Å². The van der Waals surface area contributed by atoms with Crippen LogP contribution in [0.5, 0.6) is 0 Å². The zero-order valence-corrected chi connectivity index (χ0v) is 12.2. The minimum Gasteiger partial charge on any atom is -0.452 e. The fourth-order valence-electron chi connectivity index (χ4n) is 1.70. The Morgan fingerprint density at radius 1 is 1.30 bits per heavy atom. The summed E-state index contributed by atoms with van der Waals surface area (Å²) in [5.74, 6) is -0.313. The Morgan fingerprint density at radius 2 is 2.00 bits per heavy atom. The van der Waals surface area contributed by atoms with Gasteiger partial charge in [0.15, 0.2) is 6.61 Å². The number of carbonyl (C=O) groups excluding carboxylic acids is 2. The van der Waals surface area contributed by atoms with Crippen LogP contribution < -0.4 is 11.1 Å². The van der Waals surface area contributed by atoms with Gasteiger partial charge in [0.25, 0.3) is 5.91 Å². The molecule has 0 aliphatic carbocycles. The van der Waals surface area contributed by atoms with Crippen LogP contribution in [0, 0.1) is 12.8 Å². The molecule has 0 unspecified atom stereocenters. The standard InChI is InChI=1S/C15H22N2O3/c1-10(2)4-5-17-14(18)9-20-15(19)12-6-11(3)7-13(16)8-12/h6-8,10H,4-5,9,16H2,1-3H3,(H,17,18). The average Bonchev–Trinajstić information content (AvgIpc) is 2.34. The maximum Gasteiger partial charge on any atom is 0.338 e. The highest BCUT2D eigenvalue weighted by Gasteiger charge is 2.11. The number of aryl methyl sites for hydroxylation is 1. The molecule has 0 aromatic heterocycles. The summed E-state index contributed by atoms with van der Waals surface area (Å²) < 4.78 is 4.95. The van der Waals surface area contributed by atoms with E-state index in [2.05, 4.69) is 19.2 Å². The van der Waals surface area contributed by atoms with Crippen molar-refractivity contribution < 1.29 is 14.3 Å². The monoisotopic (exact) mass is 278 g/mol. The first kappa shape index (κ1) is 16.0. The zero-order chi connectivity index (χ0) is 15.1. The quantitative estimate of drug-likeness (QED) is 0.615. The fourth-order valence-corrected chi connectivity index (χ4v) is 1.70. The molecule has 0 fully saturated rings. The summed E-state index contributed by atoms with van der Waals surface area (Å²) in [4.78, 5) is 23.3. The number of carbonyl (C=O) groups is 2. The molecule has 0 aliphatic rings. The summed E-state index contributed by atoms with van der Waals surface area (Å²) >= 11 is 0. The molecular formula is C15H22N2O3. The molecule has 110 valence electrons. The molecule has 0 bridgehead atoms. The van der Waals surface area contributed by atoms with Crippen molar-refractivity contribution in [3.8, 4) is 0 Å². The first-order valence-electron chi connectivity index (χ1n) is 6.69. The van der Waals surface area contributed by atoms with Crippen molar-refractivity contribution in [1.29, 1.82) is 0 Å². The maximum atomic E-state index is 11.8. The van der Waals surface area contributed by atoms with E-state index in [1.54, 1.807) is 12.1 Å². The zero-order valence-electron chi connectivity index (χ0n) is 12.2. The number of nitrogen functional groups attached to an aromatic ring is 1. The van der Waals surface area contributed by atoms with Gasteiger partial charge >= 0.3 is 5.97 Å². The van der Waals surface area contributed by atoms with Crippen LogP contribution in [-0.4, -0.2) is 25.0 Å². The van der Waals surface area contributed by atoms with Gasteiger partial charge in [-0.25, -0.2) is 4.79 Å². The number of hydrogen-bond donors (Lipinski definition) is 2. The van der Waals surface area contributed by atoms with Crippen LogP contribution in [0.3, 0.4) is 0 Å². The molecule has 1 aromatic carbocycles. The van der Waals surface area contributed by atoms with Gasteiger partial charge in [-0.15, -0.1) is 0 Å². The third kappa shape index (κ3) is 5.73. The Bertz CT molecular complexity index is 464. The van der Waals surface area contributed by atoms with Gasteiger partial charge in [0.1, 0.15) is 0 Å². The maximum absolute atomic E-state index is 11.8. The van der Waals surface area contributed by atoms with Gasteiger partial charge in [-0.3, -0.25) is 4.79 Å². The number of nitrogens with two attached hydrogens (primary N) is 1. The van der Waals surface area contributed by atoms with E-state index in [1.807, 2.05) is 6.92 Å². The van der Waals surface area contributed by atoms with Crippen molar-refractivity contribution in [3.05, 3.63) is 29.3 Å². The first-order chi connectivity index (χ1) is 9.38. The number of rotatable bonds is 6. The molecule has 20 heavy (non-hydrogen) atoms. The largest absolute Gasteiger partial charge is 0.452 e. The summed E-state index contributed by atoms with van der Waals surface area (Å²) in [6.45, 7) is 6.31. The summed E-state index contributed by atoms with van der Waals surface area (Å²) in [5.41, 5.74) is 7.39. The normalized spacial score (nSPS) is 10.4. The number of amides is 1. The van der Waals surface area contributed by atoms with Crippen molar-refractivity contribution in [2.75, 3.05) is 18.9 Å². The minimum absolute atomic E-state index is 0.273. The molecule has 1 amide bonds. The van der Waals surface area contributed by atoms with Crippen LogP contribution in [0.1, 0.15) is 36.2 Å². The lowest BCUT2D eigenvalue weighted by atomic mass is 10.1. The van der Waals surface area contributed by atoms with Crippen molar-refractivity contribution in [3.63, 3.8) is 0 Å². The van der Waals surface area contributed by atoms with Gasteiger partial charge in [-0.2, -0.15) is 0 Å². The van der Waals surface area contributed by atoms with E-state index >= 15 is 0 Å². The predicted octanol–water partition coefficient (Wildman–Crippen LogP) is 1.90. The van der Waals surface area contributed by atoms with E-state index < -0.39 is 5.97 Å². The molecular weight excluding hydrogens is 256 g/mol. The number of hydrogen-bond acceptors (Lipinski definition) is 4. The summed E-state index contributed by atoms with van der Waals surface area (Å²) in [5, 5.41) is 2.70. The molecule has 0 saturated heterocycles. The lowest BCUT2D eigenvalue weighted by Crippen LogP contribution is -2.30. The molecule has 3 N–H and O–H groups in total. The lowest BCUT2D eigenvalue weighted by Gasteiger charge is -2.08. The van der Waals surface area contributed by atoms with Crippen LogP contribution in [-0.2, 0) is 9.53 Å². The van der Waals surface area contributed by atoms with Crippen molar-refractivity contribution in [1.82, 2.24) is 5.32 Å². The summed E-state index contributed by atoms with van der Waals surface area (Å²) in [6.07, 6.45) is 0.897. The van der Waals surface area contributed by atoms with E-state index in [4.69, 9.17) is 10.5 Å². The molecule has 0 heterocycles. The number of esters is 1. The predicted molar refractivity (Wildman–Crippen MR) is 78.3 cm³/mol. The fraction of sp³-hybridized carbons (Fsp3) is 0.467. The molecule has 0 aliphatic heterocycles. The Hall–Kier alpha value is -2.04. The lowest BCUT2D eigenvalue weighted by molar-refractivity contribution is -0.124. The molecule has 0 atom stereocenters. The summed E-state index contributed by atoms with van der Waals surface area (Å²) in [7, 11) is 0. The topological polar surface area (TPSA) is 81.4 Å². The molecule has 0 spiro atoms. The van der Waals surface area contributed by atoms with E-state index in [0.717, 1.165) is 12.0 Å².